The van der Waals surface area contributed by atoms with Gasteiger partial charge in [0.2, 0.25) is 0 Å². The van der Waals surface area contributed by atoms with Crippen molar-refractivity contribution in [3.63, 3.8) is 0 Å². The van der Waals surface area contributed by atoms with Gasteiger partial charge in [0.15, 0.2) is 5.84 Å². The van der Waals surface area contributed by atoms with E-state index in [4.69, 9.17) is 26.1 Å². The molecule has 1 amide bonds. The second-order valence-corrected chi connectivity index (χ2v) is 9.91. The van der Waals surface area contributed by atoms with E-state index in [1.807, 2.05) is 11.2 Å². The predicted molar refractivity (Wildman–Crippen MR) is 132 cm³/mol. The number of amidine groups is 1. The Hall–Kier alpha value is -2.59. The number of hydrogen-bond donors (Lipinski definition) is 1. The van der Waals surface area contributed by atoms with Crippen LogP contribution in [0.2, 0.25) is 5.02 Å². The fourth-order valence-corrected chi connectivity index (χ4v) is 4.70. The van der Waals surface area contributed by atoms with Crippen molar-refractivity contribution in [3.8, 4) is 0 Å². The first-order valence-corrected chi connectivity index (χ1v) is 12.2. The molecule has 2 heterocycles. The number of hydrogen-bond acceptors (Lipinski definition) is 8. The summed E-state index contributed by atoms with van der Waals surface area (Å²) >= 11 is 7.68. The number of rotatable bonds is 4. The Balaban J connectivity index is 2.11. The Morgan fingerprint density at radius 1 is 1.35 bits per heavy atom. The maximum atomic E-state index is 14.3. The molecule has 0 spiro atoms. The molecule has 184 valence electrons. The number of amides is 1. The molecule has 2 aliphatic rings. The van der Waals surface area contributed by atoms with E-state index in [9.17, 15) is 14.0 Å². The summed E-state index contributed by atoms with van der Waals surface area (Å²) in [5, 5.41) is 3.37. The number of halogens is 2. The van der Waals surface area contributed by atoms with Crippen LogP contribution >= 0.6 is 23.4 Å². The Kier molecular flexibility index (Phi) is 7.92. The first-order chi connectivity index (χ1) is 16.0. The summed E-state index contributed by atoms with van der Waals surface area (Å²) < 4.78 is 24.8. The fraction of sp³-hybridized carbons (Fsp3) is 0.478. The average molecular weight is 511 g/mol. The zero-order chi connectivity index (χ0) is 25.2. The third-order valence-electron chi connectivity index (χ3n) is 5.25. The molecule has 1 saturated heterocycles. The van der Waals surface area contributed by atoms with E-state index >= 15 is 0 Å². The van der Waals surface area contributed by atoms with Crippen molar-refractivity contribution in [3.05, 3.63) is 45.9 Å². The first-order valence-electron chi connectivity index (χ1n) is 10.6. The van der Waals surface area contributed by atoms with Gasteiger partial charge in [0.05, 0.1) is 23.7 Å². The number of benzene rings is 1. The van der Waals surface area contributed by atoms with Gasteiger partial charge in [-0.05, 0) is 33.1 Å². The molecular weight excluding hydrogens is 483 g/mol. The molecule has 3 rings (SSSR count). The SMILES string of the molecule is CN=C(SC)C1=N[C@@H](c2cccc(F)c2Cl)C(C(=O)OC)=C2C[C@H](NC(=O)OC(C)(C)C)CN12. The normalized spacial score (nSPS) is 20.6. The van der Waals surface area contributed by atoms with Crippen LogP contribution in [0, 0.1) is 5.82 Å². The topological polar surface area (TPSA) is 92.6 Å². The molecule has 0 saturated carbocycles. The first kappa shape index (κ1) is 26.0. The minimum atomic E-state index is -0.902. The lowest BCUT2D eigenvalue weighted by molar-refractivity contribution is -0.136. The highest BCUT2D eigenvalue weighted by Crippen LogP contribution is 2.42. The van der Waals surface area contributed by atoms with E-state index in [2.05, 4.69) is 10.3 Å². The number of aliphatic imine (C=N–C) groups is 2. The van der Waals surface area contributed by atoms with Gasteiger partial charge < -0.3 is 19.7 Å². The van der Waals surface area contributed by atoms with E-state index in [1.165, 1.54) is 31.0 Å². The van der Waals surface area contributed by atoms with Crippen LogP contribution in [0.25, 0.3) is 0 Å². The number of fused-ring (bicyclic) bond motifs is 1. The number of ether oxygens (including phenoxy) is 2. The second-order valence-electron chi connectivity index (χ2n) is 8.74. The van der Waals surface area contributed by atoms with Gasteiger partial charge in [0, 0.05) is 31.3 Å². The molecule has 2 atom stereocenters. The Bertz CT molecular complexity index is 1080. The minimum absolute atomic E-state index is 0.119. The Morgan fingerprint density at radius 3 is 2.65 bits per heavy atom. The highest BCUT2D eigenvalue weighted by Gasteiger charge is 2.43. The van der Waals surface area contributed by atoms with Crippen molar-refractivity contribution in [1.29, 1.82) is 0 Å². The smallest absolute Gasteiger partial charge is 0.407 e. The zero-order valence-corrected chi connectivity index (χ0v) is 21.5. The summed E-state index contributed by atoms with van der Waals surface area (Å²) in [5.74, 6) is -0.709. The summed E-state index contributed by atoms with van der Waals surface area (Å²) in [6.45, 7) is 5.69. The molecule has 0 radical (unpaired) electrons. The maximum Gasteiger partial charge on any atom is 0.407 e. The molecule has 1 fully saturated rings. The Morgan fingerprint density at radius 2 is 2.06 bits per heavy atom. The number of carbonyl (C=O) groups is 2. The highest BCUT2D eigenvalue weighted by molar-refractivity contribution is 8.15. The fourth-order valence-electron chi connectivity index (χ4n) is 3.94. The molecule has 0 aromatic heterocycles. The number of alkyl carbamates (subject to hydrolysis) is 1. The highest BCUT2D eigenvalue weighted by atomic mass is 35.5. The van der Waals surface area contributed by atoms with Gasteiger partial charge in [-0.1, -0.05) is 23.7 Å². The number of thioether (sulfide) groups is 1. The van der Waals surface area contributed by atoms with Gasteiger partial charge in [0.25, 0.3) is 0 Å². The summed E-state index contributed by atoms with van der Waals surface area (Å²) in [6, 6.07) is 3.12. The molecule has 34 heavy (non-hydrogen) atoms. The lowest BCUT2D eigenvalue weighted by Gasteiger charge is -2.32. The van der Waals surface area contributed by atoms with E-state index in [-0.39, 0.29) is 16.6 Å². The number of nitrogens with one attached hydrogen (secondary N) is 1. The van der Waals surface area contributed by atoms with Crippen molar-refractivity contribution >= 4 is 46.3 Å². The summed E-state index contributed by atoms with van der Waals surface area (Å²) in [6.07, 6.45) is 1.62. The van der Waals surface area contributed by atoms with Crippen LogP contribution in [0.3, 0.4) is 0 Å². The summed E-state index contributed by atoms with van der Waals surface area (Å²) in [5.41, 5.74) is 0.535. The third kappa shape index (κ3) is 5.38. The quantitative estimate of drug-likeness (QED) is 0.368. The molecule has 11 heteroatoms. The van der Waals surface area contributed by atoms with Crippen molar-refractivity contribution in [1.82, 2.24) is 10.2 Å². The van der Waals surface area contributed by atoms with E-state index in [0.717, 1.165) is 0 Å². The molecule has 1 aromatic carbocycles. The molecule has 8 nitrogen and oxygen atoms in total. The van der Waals surface area contributed by atoms with Crippen molar-refractivity contribution < 1.29 is 23.5 Å². The van der Waals surface area contributed by atoms with Crippen LogP contribution in [-0.2, 0) is 14.3 Å². The number of esters is 1. The third-order valence-corrected chi connectivity index (χ3v) is 6.40. The van der Waals surface area contributed by atoms with Gasteiger partial charge in [-0.25, -0.2) is 14.0 Å². The summed E-state index contributed by atoms with van der Waals surface area (Å²) in [4.78, 5) is 36.3. The lowest BCUT2D eigenvalue weighted by Crippen LogP contribution is -2.43. The number of methoxy groups -OCH3 is 1. The van der Waals surface area contributed by atoms with Crippen molar-refractivity contribution in [2.75, 3.05) is 27.0 Å². The van der Waals surface area contributed by atoms with Gasteiger partial charge in [0.1, 0.15) is 22.5 Å². The van der Waals surface area contributed by atoms with Crippen LogP contribution in [0.4, 0.5) is 9.18 Å². The molecule has 2 aliphatic heterocycles. The molecular formula is C23H28ClFN4O4S. The monoisotopic (exact) mass is 510 g/mol. The molecule has 0 unspecified atom stereocenters. The van der Waals surface area contributed by atoms with Crippen LogP contribution in [0.1, 0.15) is 38.8 Å². The van der Waals surface area contributed by atoms with Crippen molar-refractivity contribution in [2.24, 2.45) is 9.98 Å². The number of nitrogens with zero attached hydrogens (tertiary/aromatic N) is 3. The standard InChI is InChI=1S/C23H28ClFN4O4S/c1-23(2,3)33-22(31)27-12-10-15-16(21(30)32-5)18(13-8-7-9-14(25)17(13)24)28-19(29(15)11-12)20(26-4)34-6/h7-9,12,18H,10-11H2,1-6H3,(H,27,31)/t12-,18-/m0/s1. The molecule has 0 aliphatic carbocycles. The van der Waals surface area contributed by atoms with Gasteiger partial charge in [-0.3, -0.25) is 9.98 Å². The minimum Gasteiger partial charge on any atom is -0.466 e. The molecule has 1 N–H and O–H groups in total. The van der Waals surface area contributed by atoms with Gasteiger partial charge in [-0.15, -0.1) is 11.8 Å². The Labute approximate surface area is 207 Å². The molecule has 1 aromatic rings. The van der Waals surface area contributed by atoms with Gasteiger partial charge >= 0.3 is 12.1 Å². The zero-order valence-electron chi connectivity index (χ0n) is 19.9. The van der Waals surface area contributed by atoms with Gasteiger partial charge in [-0.2, -0.15) is 0 Å². The largest absolute Gasteiger partial charge is 0.466 e. The average Bonchev–Trinajstić information content (AvgIpc) is 3.17. The summed E-state index contributed by atoms with van der Waals surface area (Å²) in [7, 11) is 2.92. The lowest BCUT2D eigenvalue weighted by atomic mass is 9.94. The van der Waals surface area contributed by atoms with Crippen molar-refractivity contribution in [2.45, 2.75) is 44.9 Å². The maximum absolute atomic E-state index is 14.3. The second kappa shape index (κ2) is 10.4. The predicted octanol–water partition coefficient (Wildman–Crippen LogP) is 4.35. The number of carbonyl (C=O) groups excluding carboxylic acids is 2. The van der Waals surface area contributed by atoms with E-state index in [1.54, 1.807) is 33.9 Å². The van der Waals surface area contributed by atoms with Crippen LogP contribution in [0.5, 0.6) is 0 Å². The van der Waals surface area contributed by atoms with Crippen LogP contribution < -0.4 is 5.32 Å². The van der Waals surface area contributed by atoms with Crippen LogP contribution in [0.15, 0.2) is 39.5 Å². The van der Waals surface area contributed by atoms with E-state index < -0.39 is 29.5 Å². The molecule has 0 bridgehead atoms. The van der Waals surface area contributed by atoms with Crippen LogP contribution in [-0.4, -0.2) is 66.4 Å². The van der Waals surface area contributed by atoms with E-state index in [0.29, 0.717) is 35.1 Å².